The van der Waals surface area contributed by atoms with E-state index in [1.165, 1.54) is 0 Å². The summed E-state index contributed by atoms with van der Waals surface area (Å²) in [5.74, 6) is 0.0835. The van der Waals surface area contributed by atoms with E-state index in [0.717, 1.165) is 23.3 Å². The summed E-state index contributed by atoms with van der Waals surface area (Å²) in [6, 6.07) is 5.14. The van der Waals surface area contributed by atoms with Crippen molar-refractivity contribution in [2.45, 2.75) is 40.3 Å². The van der Waals surface area contributed by atoms with Crippen molar-refractivity contribution in [1.82, 2.24) is 30.2 Å². The second-order valence-corrected chi connectivity index (χ2v) is 5.49. The Morgan fingerprint density at radius 3 is 2.67 bits per heavy atom. The lowest BCUT2D eigenvalue weighted by atomic mass is 10.2. The quantitative estimate of drug-likeness (QED) is 0.662. The maximum atomic E-state index is 12.3. The Bertz CT molecular complexity index is 889. The summed E-state index contributed by atoms with van der Waals surface area (Å²) in [5.41, 5.74) is 3.56. The van der Waals surface area contributed by atoms with Gasteiger partial charge in [-0.1, -0.05) is 6.92 Å². The highest BCUT2D eigenvalue weighted by atomic mass is 16.5. The van der Waals surface area contributed by atoms with Crippen LogP contribution in [0.5, 0.6) is 0 Å². The van der Waals surface area contributed by atoms with Gasteiger partial charge in [-0.05, 0) is 48.9 Å². The Morgan fingerprint density at radius 2 is 1.92 bits per heavy atom. The molecule has 0 N–H and O–H groups in total. The summed E-state index contributed by atoms with van der Waals surface area (Å²) in [5, 5.41) is 11.3. The summed E-state index contributed by atoms with van der Waals surface area (Å²) in [6.07, 6.45) is 0.897. The molecule has 0 radical (unpaired) electrons. The van der Waals surface area contributed by atoms with Gasteiger partial charge in [0.05, 0.1) is 28.0 Å². The van der Waals surface area contributed by atoms with Crippen molar-refractivity contribution in [2.24, 2.45) is 0 Å². The summed E-state index contributed by atoms with van der Waals surface area (Å²) >= 11 is 0. The van der Waals surface area contributed by atoms with Gasteiger partial charge in [-0.3, -0.25) is 0 Å². The molecular weight excluding hydrogens is 308 g/mol. The van der Waals surface area contributed by atoms with Crippen LogP contribution in [0.4, 0.5) is 0 Å². The van der Waals surface area contributed by atoms with E-state index >= 15 is 0 Å². The van der Waals surface area contributed by atoms with Crippen LogP contribution in [-0.4, -0.2) is 36.1 Å². The Kier molecular flexibility index (Phi) is 4.45. The number of carbonyl (C=O) groups is 1. The van der Waals surface area contributed by atoms with Crippen LogP contribution in [0.2, 0.25) is 0 Å². The first-order valence-electron chi connectivity index (χ1n) is 7.75. The molecule has 124 valence electrons. The molecule has 0 unspecified atom stereocenters. The normalized spacial score (nSPS) is 11.0. The molecule has 0 atom stereocenters. The topological polar surface area (TPSA) is 95.7 Å². The van der Waals surface area contributed by atoms with Crippen molar-refractivity contribution < 1.29 is 9.53 Å². The highest BCUT2D eigenvalue weighted by Crippen LogP contribution is 2.15. The smallest absolute Gasteiger partial charge is 0.338 e. The first-order chi connectivity index (χ1) is 11.6. The van der Waals surface area contributed by atoms with Gasteiger partial charge in [-0.2, -0.15) is 0 Å². The highest BCUT2D eigenvalue weighted by molar-refractivity contribution is 5.93. The molecule has 1 aromatic carbocycles. The summed E-state index contributed by atoms with van der Waals surface area (Å²) in [4.78, 5) is 21.2. The first-order valence-corrected chi connectivity index (χ1v) is 7.75. The number of benzene rings is 1. The third-order valence-electron chi connectivity index (χ3n) is 3.68. The lowest BCUT2D eigenvalue weighted by molar-refractivity contribution is 0.0456. The van der Waals surface area contributed by atoms with E-state index in [1.54, 1.807) is 22.9 Å². The van der Waals surface area contributed by atoms with Gasteiger partial charge in [0.2, 0.25) is 0 Å². The zero-order valence-corrected chi connectivity index (χ0v) is 13.9. The van der Waals surface area contributed by atoms with Crippen LogP contribution in [0.25, 0.3) is 11.0 Å². The van der Waals surface area contributed by atoms with E-state index < -0.39 is 5.97 Å². The van der Waals surface area contributed by atoms with Crippen LogP contribution in [0.3, 0.4) is 0 Å². The molecule has 0 fully saturated rings. The summed E-state index contributed by atoms with van der Waals surface area (Å²) < 4.78 is 6.94. The SMILES string of the molecule is CCCn1nnnc1COC(=O)c1ccc2nc(C)c(C)nc2c1. The largest absolute Gasteiger partial charge is 0.454 e. The van der Waals surface area contributed by atoms with Gasteiger partial charge in [0, 0.05) is 6.54 Å². The molecule has 0 aliphatic carbocycles. The molecule has 3 aromatic rings. The molecule has 8 nitrogen and oxygen atoms in total. The first kappa shape index (κ1) is 16.0. The maximum absolute atomic E-state index is 12.3. The highest BCUT2D eigenvalue weighted by Gasteiger charge is 2.13. The van der Waals surface area contributed by atoms with Gasteiger partial charge in [0.1, 0.15) is 0 Å². The van der Waals surface area contributed by atoms with Gasteiger partial charge in [-0.25, -0.2) is 19.4 Å². The Morgan fingerprint density at radius 1 is 1.17 bits per heavy atom. The number of aromatic nitrogens is 6. The van der Waals surface area contributed by atoms with E-state index in [-0.39, 0.29) is 6.61 Å². The molecule has 8 heteroatoms. The molecule has 0 aliphatic rings. The number of esters is 1. The minimum atomic E-state index is -0.442. The molecule has 0 spiro atoms. The molecule has 3 rings (SSSR count). The van der Waals surface area contributed by atoms with E-state index in [2.05, 4.69) is 25.5 Å². The van der Waals surface area contributed by atoms with Crippen molar-refractivity contribution >= 4 is 17.0 Å². The molecule has 2 aromatic heterocycles. The van der Waals surface area contributed by atoms with E-state index in [1.807, 2.05) is 20.8 Å². The number of carbonyl (C=O) groups excluding carboxylic acids is 1. The average Bonchev–Trinajstić information content (AvgIpc) is 3.01. The van der Waals surface area contributed by atoms with Gasteiger partial charge in [-0.15, -0.1) is 5.10 Å². The van der Waals surface area contributed by atoms with Crippen LogP contribution in [0, 0.1) is 13.8 Å². The number of rotatable bonds is 5. The van der Waals surface area contributed by atoms with Crippen LogP contribution < -0.4 is 0 Å². The van der Waals surface area contributed by atoms with Crippen LogP contribution in [0.15, 0.2) is 18.2 Å². The number of aryl methyl sites for hydroxylation is 3. The standard InChI is InChI=1S/C16H18N6O2/c1-4-7-22-15(19-20-21-22)9-24-16(23)12-5-6-13-14(8-12)18-11(3)10(2)17-13/h5-6,8H,4,7,9H2,1-3H3. The molecule has 0 saturated carbocycles. The second kappa shape index (κ2) is 6.69. The van der Waals surface area contributed by atoms with Crippen molar-refractivity contribution in [2.75, 3.05) is 0 Å². The second-order valence-electron chi connectivity index (χ2n) is 5.49. The van der Waals surface area contributed by atoms with Gasteiger partial charge in [0.15, 0.2) is 12.4 Å². The number of hydrogen-bond donors (Lipinski definition) is 0. The fraction of sp³-hybridized carbons (Fsp3) is 0.375. The van der Waals surface area contributed by atoms with Crippen molar-refractivity contribution in [3.05, 3.63) is 41.0 Å². The lowest BCUT2D eigenvalue weighted by Crippen LogP contribution is -2.11. The minimum absolute atomic E-state index is 0.0302. The summed E-state index contributed by atoms with van der Waals surface area (Å²) in [6.45, 7) is 6.54. The predicted octanol–water partition coefficient (Wildman–Crippen LogP) is 2.00. The minimum Gasteiger partial charge on any atom is -0.454 e. The maximum Gasteiger partial charge on any atom is 0.338 e. The van der Waals surface area contributed by atoms with Crippen LogP contribution in [-0.2, 0) is 17.9 Å². The van der Waals surface area contributed by atoms with Crippen molar-refractivity contribution in [3.8, 4) is 0 Å². The average molecular weight is 326 g/mol. The van der Waals surface area contributed by atoms with Crippen LogP contribution >= 0.6 is 0 Å². The Balaban J connectivity index is 1.76. The van der Waals surface area contributed by atoms with E-state index in [4.69, 9.17) is 4.74 Å². The Labute approximate surface area is 138 Å². The van der Waals surface area contributed by atoms with E-state index in [0.29, 0.717) is 23.4 Å². The van der Waals surface area contributed by atoms with Gasteiger partial charge in [0.25, 0.3) is 0 Å². The fourth-order valence-electron chi connectivity index (χ4n) is 2.28. The monoisotopic (exact) mass is 326 g/mol. The number of tetrazole rings is 1. The number of hydrogen-bond acceptors (Lipinski definition) is 7. The van der Waals surface area contributed by atoms with Gasteiger partial charge < -0.3 is 4.74 Å². The van der Waals surface area contributed by atoms with Crippen molar-refractivity contribution in [3.63, 3.8) is 0 Å². The Hall–Kier alpha value is -2.90. The van der Waals surface area contributed by atoms with Gasteiger partial charge >= 0.3 is 5.97 Å². The molecule has 0 amide bonds. The van der Waals surface area contributed by atoms with E-state index in [9.17, 15) is 4.79 Å². The molecular formula is C16H18N6O2. The zero-order chi connectivity index (χ0) is 17.1. The lowest BCUT2D eigenvalue weighted by Gasteiger charge is -2.07. The number of ether oxygens (including phenoxy) is 1. The molecule has 0 aliphatic heterocycles. The molecule has 24 heavy (non-hydrogen) atoms. The predicted molar refractivity (Wildman–Crippen MR) is 86.2 cm³/mol. The zero-order valence-electron chi connectivity index (χ0n) is 13.9. The number of fused-ring (bicyclic) bond motifs is 1. The summed E-state index contributed by atoms with van der Waals surface area (Å²) in [7, 11) is 0. The fourth-order valence-corrected chi connectivity index (χ4v) is 2.28. The van der Waals surface area contributed by atoms with Crippen LogP contribution in [0.1, 0.15) is 40.9 Å². The third-order valence-corrected chi connectivity index (χ3v) is 3.68. The van der Waals surface area contributed by atoms with Crippen molar-refractivity contribution in [1.29, 1.82) is 0 Å². The molecule has 2 heterocycles. The molecule has 0 saturated heterocycles. The molecule has 0 bridgehead atoms. The number of nitrogens with zero attached hydrogens (tertiary/aromatic N) is 6. The third kappa shape index (κ3) is 3.22.